The van der Waals surface area contributed by atoms with Crippen LogP contribution in [0.1, 0.15) is 106 Å². The van der Waals surface area contributed by atoms with Crippen molar-refractivity contribution in [3.63, 3.8) is 0 Å². The number of benzene rings is 3. The molecule has 3 aromatic heterocycles. The Hall–Kier alpha value is -2.29. The number of nitrogens with zero attached hydrogens (tertiary/aromatic N) is 1. The molecule has 0 bridgehead atoms. The first kappa shape index (κ1) is 41.5. The maximum atomic E-state index is 11.7. The van der Waals surface area contributed by atoms with E-state index < -0.39 is 0 Å². The van der Waals surface area contributed by atoms with E-state index in [9.17, 15) is 9.90 Å². The monoisotopic (exact) mass is 993 g/mol. The molecule has 3 nitrogen and oxygen atoms in total. The Bertz CT molecular complexity index is 2150. The predicted molar refractivity (Wildman–Crippen MR) is 218 cm³/mol. The van der Waals surface area contributed by atoms with Gasteiger partial charge in [0.2, 0.25) is 0 Å². The second kappa shape index (κ2) is 17.2. The summed E-state index contributed by atoms with van der Waals surface area (Å²) in [4.78, 5) is 16.7. The number of hydrogen-bond donors (Lipinski definition) is 1. The molecule has 0 aliphatic carbocycles. The van der Waals surface area contributed by atoms with Gasteiger partial charge in [-0.05, 0) is 25.7 Å². The first-order valence-corrected chi connectivity index (χ1v) is 21.7. The fourth-order valence-corrected chi connectivity index (χ4v) is 13.6. The van der Waals surface area contributed by atoms with E-state index in [2.05, 4.69) is 102 Å². The Morgan fingerprint density at radius 3 is 2.08 bits per heavy atom. The molecule has 273 valence electrons. The summed E-state index contributed by atoms with van der Waals surface area (Å²) in [6, 6.07) is 24.3. The maximum absolute atomic E-state index is 11.7. The van der Waals surface area contributed by atoms with E-state index in [-0.39, 0.29) is 63.4 Å². The van der Waals surface area contributed by atoms with Crippen LogP contribution in [0.25, 0.3) is 49.8 Å². The van der Waals surface area contributed by atoms with Gasteiger partial charge in [-0.2, -0.15) is 0 Å². The van der Waals surface area contributed by atoms with Crippen LogP contribution in [0.3, 0.4) is 0 Å². The number of fused-ring (bicyclic) bond motifs is 6. The second-order valence-corrected chi connectivity index (χ2v) is 20.2. The minimum Gasteiger partial charge on any atom is -0.512 e. The molecular formula is C45H54IrNO2Se2-. The summed E-state index contributed by atoms with van der Waals surface area (Å²) in [7, 11) is 0. The van der Waals surface area contributed by atoms with Crippen LogP contribution in [0, 0.1) is 23.3 Å². The molecule has 0 aliphatic heterocycles. The van der Waals surface area contributed by atoms with Gasteiger partial charge in [0.05, 0.1) is 5.76 Å². The van der Waals surface area contributed by atoms with Crippen LogP contribution in [-0.4, -0.2) is 44.9 Å². The summed E-state index contributed by atoms with van der Waals surface area (Å²) in [5.74, 6) is 0.547. The van der Waals surface area contributed by atoms with E-state index in [1.54, 1.807) is 12.8 Å². The smallest absolute Gasteiger partial charge is 0.162 e. The summed E-state index contributed by atoms with van der Waals surface area (Å²) < 4.78 is 6.21. The number of aliphatic hydroxyl groups is 1. The van der Waals surface area contributed by atoms with Crippen LogP contribution in [0.15, 0.2) is 72.6 Å². The molecule has 0 spiro atoms. The molecule has 0 saturated heterocycles. The van der Waals surface area contributed by atoms with Gasteiger partial charge >= 0.3 is 221 Å². The molecule has 6 heteroatoms. The third-order valence-corrected chi connectivity index (χ3v) is 15.5. The van der Waals surface area contributed by atoms with Gasteiger partial charge < -0.3 is 5.11 Å². The molecule has 1 radical (unpaired) electrons. The Labute approximate surface area is 331 Å². The van der Waals surface area contributed by atoms with Gasteiger partial charge in [-0.1, -0.05) is 27.7 Å². The number of aromatic nitrogens is 1. The number of ketones is 1. The molecule has 0 fully saturated rings. The summed E-state index contributed by atoms with van der Waals surface area (Å²) in [5.41, 5.74) is 5.49. The maximum Gasteiger partial charge on any atom is 0.162 e. The standard InChI is InChI=1S/C32H30NSe2.C13H24O2.Ir/c1-31(2,3)18-19-11-12-23-26(15-19)34-30-24-13-14-33-27(28(24)35-29(23)30)21-16-20-9-7-8-10-22(20)25(17-21)32(4,5)6;1-5-10(6-2)12(14)9-13(15)11(7-3)8-4;/h7-15,17H,18H2,1-6H3;9-11,14H,5-8H2,1-4H3;/q-1;;/b;12-9-;. The molecule has 6 aromatic rings. The Morgan fingerprint density at radius 2 is 1.45 bits per heavy atom. The quantitative estimate of drug-likeness (QED) is 0.0680. The van der Waals surface area contributed by atoms with E-state index >= 15 is 0 Å². The summed E-state index contributed by atoms with van der Waals surface area (Å²) in [6.45, 7) is 21.9. The van der Waals surface area contributed by atoms with Gasteiger partial charge in [0.15, 0.2) is 5.78 Å². The molecule has 51 heavy (non-hydrogen) atoms. The van der Waals surface area contributed by atoms with Crippen molar-refractivity contribution in [2.45, 2.75) is 107 Å². The summed E-state index contributed by atoms with van der Waals surface area (Å²) in [6.07, 6.45) is 8.05. The van der Waals surface area contributed by atoms with Crippen molar-refractivity contribution in [1.29, 1.82) is 0 Å². The van der Waals surface area contributed by atoms with E-state index in [0.717, 1.165) is 43.4 Å². The largest absolute Gasteiger partial charge is 0.512 e. The Kier molecular flexibility index (Phi) is 14.0. The normalized spacial score (nSPS) is 12.6. The molecule has 0 atom stereocenters. The number of carbonyl (C=O) groups is 1. The number of carbonyl (C=O) groups excluding carboxylic acids is 1. The van der Waals surface area contributed by atoms with Crippen molar-refractivity contribution in [2.75, 3.05) is 0 Å². The zero-order chi connectivity index (χ0) is 36.4. The van der Waals surface area contributed by atoms with Crippen LogP contribution in [0.5, 0.6) is 0 Å². The topological polar surface area (TPSA) is 50.2 Å². The van der Waals surface area contributed by atoms with Crippen molar-refractivity contribution in [2.24, 2.45) is 17.3 Å². The van der Waals surface area contributed by atoms with Crippen LogP contribution >= 0.6 is 0 Å². The summed E-state index contributed by atoms with van der Waals surface area (Å²) >= 11 is 0.641. The van der Waals surface area contributed by atoms with Gasteiger partial charge in [-0.3, -0.25) is 4.79 Å². The van der Waals surface area contributed by atoms with Crippen molar-refractivity contribution in [1.82, 2.24) is 4.98 Å². The first-order chi connectivity index (χ1) is 23.7. The zero-order valence-corrected chi connectivity index (χ0v) is 37.8. The van der Waals surface area contributed by atoms with Crippen molar-refractivity contribution < 1.29 is 30.0 Å². The number of hydrogen-bond acceptors (Lipinski definition) is 3. The van der Waals surface area contributed by atoms with E-state index in [0.29, 0.717) is 19.9 Å². The number of allylic oxidation sites excluding steroid dienone is 2. The molecule has 1 N–H and O–H groups in total. The van der Waals surface area contributed by atoms with Crippen molar-refractivity contribution in [3.8, 4) is 11.3 Å². The fourth-order valence-electron chi connectivity index (χ4n) is 6.90. The third-order valence-electron chi connectivity index (χ3n) is 9.72. The molecule has 0 aliphatic rings. The summed E-state index contributed by atoms with van der Waals surface area (Å²) in [5, 5.41) is 15.2. The minimum atomic E-state index is 0. The van der Waals surface area contributed by atoms with Crippen LogP contribution < -0.4 is 0 Å². The van der Waals surface area contributed by atoms with Gasteiger partial charge in [-0.25, -0.2) is 0 Å². The van der Waals surface area contributed by atoms with Crippen molar-refractivity contribution in [3.05, 3.63) is 89.8 Å². The number of aliphatic hydroxyl groups excluding tert-OH is 1. The van der Waals surface area contributed by atoms with Crippen LogP contribution in [0.4, 0.5) is 0 Å². The van der Waals surface area contributed by atoms with E-state index in [1.807, 2.05) is 33.9 Å². The molecule has 0 amide bonds. The zero-order valence-electron chi connectivity index (χ0n) is 32.0. The molecule has 3 heterocycles. The molecule has 3 aromatic carbocycles. The van der Waals surface area contributed by atoms with Crippen LogP contribution in [0.2, 0.25) is 0 Å². The third kappa shape index (κ3) is 9.45. The Balaban J connectivity index is 0.000000312. The second-order valence-electron chi connectivity index (χ2n) is 15.9. The van der Waals surface area contributed by atoms with E-state index in [4.69, 9.17) is 4.98 Å². The van der Waals surface area contributed by atoms with Gasteiger partial charge in [0, 0.05) is 38.0 Å². The van der Waals surface area contributed by atoms with Gasteiger partial charge in [0.25, 0.3) is 0 Å². The molecule has 0 unspecified atom stereocenters. The minimum absolute atomic E-state index is 0. The van der Waals surface area contributed by atoms with Gasteiger partial charge in [0.1, 0.15) is 0 Å². The fraction of sp³-hybridized carbons (Fsp3) is 0.422. The van der Waals surface area contributed by atoms with Crippen molar-refractivity contribution >= 4 is 73.4 Å². The molecule has 6 rings (SSSR count). The first-order valence-electron chi connectivity index (χ1n) is 18.3. The van der Waals surface area contributed by atoms with Crippen LogP contribution in [-0.2, 0) is 36.7 Å². The SMILES string of the molecule is CC(C)(C)Cc1ccc2c(c1)[se]c1c3ccnc(-c4[c-]c5ccccc5c(C(C)(C)C)c4)c3[se]c21.CCC(CC)C(=O)/C=C(\O)C(CC)CC.[Ir]. The molecule has 0 saturated carbocycles. The number of pyridine rings is 1. The Morgan fingerprint density at radius 1 is 0.804 bits per heavy atom. The predicted octanol–water partition coefficient (Wildman–Crippen LogP) is 12.0. The number of rotatable bonds is 9. The average Bonchev–Trinajstić information content (AvgIpc) is 3.60. The van der Waals surface area contributed by atoms with Gasteiger partial charge in [-0.15, -0.1) is 0 Å². The molecular weight excluding hydrogens is 937 g/mol. The average molecular weight is 991 g/mol. The van der Waals surface area contributed by atoms with E-state index in [1.165, 1.54) is 43.0 Å².